The molecule has 1 heterocycles. The van der Waals surface area contributed by atoms with Crippen molar-refractivity contribution in [3.63, 3.8) is 0 Å². The number of carbonyl (C=O) groups excluding carboxylic acids is 1. The van der Waals surface area contributed by atoms with Gasteiger partial charge in [-0.1, -0.05) is 6.92 Å². The molecule has 13 heteroatoms. The Bertz CT molecular complexity index is 1280. The van der Waals surface area contributed by atoms with Gasteiger partial charge in [-0.15, -0.1) is 0 Å². The van der Waals surface area contributed by atoms with Crippen molar-refractivity contribution in [1.82, 2.24) is 5.32 Å². The number of alkyl halides is 9. The molecule has 4 nitrogen and oxygen atoms in total. The van der Waals surface area contributed by atoms with E-state index in [4.69, 9.17) is 6.85 Å². The summed E-state index contributed by atoms with van der Waals surface area (Å²) < 4.78 is 162. The summed E-state index contributed by atoms with van der Waals surface area (Å²) in [6.07, 6.45) is -16.8. The van der Waals surface area contributed by atoms with E-state index in [-0.39, 0.29) is 30.2 Å². The molecule has 0 unspecified atom stereocenters. The highest BCUT2D eigenvalue weighted by atomic mass is 19.4. The number of benzene rings is 2. The molecule has 1 aliphatic heterocycles. The highest BCUT2D eigenvalue weighted by Crippen LogP contribution is 2.42. The Kier molecular flexibility index (Phi) is 6.22. The molecule has 1 aliphatic rings. The lowest BCUT2D eigenvalue weighted by Crippen LogP contribution is -2.47. The highest BCUT2D eigenvalue weighted by Gasteiger charge is 2.40. The van der Waals surface area contributed by atoms with Gasteiger partial charge in [0.2, 0.25) is 0 Å². The Hall–Kier alpha value is -2.96. The molecule has 0 fully saturated rings. The SMILES string of the molecule is [2H]C([2H])([2H])C([2H])([2H])OC(=O)N1c2ccc(C(F)(F)F)cc2[C@@H](NCc2cc(C(F)(F)F)cc(C(F)(F)F)c2)C[C@@H]1CC. The van der Waals surface area contributed by atoms with E-state index in [2.05, 4.69) is 10.1 Å². The van der Waals surface area contributed by atoms with Crippen LogP contribution < -0.4 is 10.2 Å². The fourth-order valence-electron chi connectivity index (χ4n) is 4.18. The quantitative estimate of drug-likeness (QED) is 0.390. The summed E-state index contributed by atoms with van der Waals surface area (Å²) in [4.78, 5) is 13.8. The maximum atomic E-state index is 13.5. The van der Waals surface area contributed by atoms with Crippen molar-refractivity contribution in [1.29, 1.82) is 0 Å². The summed E-state index contributed by atoms with van der Waals surface area (Å²) in [6.45, 7) is -5.98. The van der Waals surface area contributed by atoms with Crippen LogP contribution in [0.4, 0.5) is 50.0 Å². The second-order valence-corrected chi connectivity index (χ2v) is 8.26. The van der Waals surface area contributed by atoms with Crippen LogP contribution in [-0.2, 0) is 29.8 Å². The topological polar surface area (TPSA) is 41.6 Å². The first-order valence-corrected chi connectivity index (χ1v) is 10.7. The first-order valence-electron chi connectivity index (χ1n) is 13.2. The number of nitrogens with zero attached hydrogens (tertiary/aromatic N) is 1. The Balaban J connectivity index is 2.05. The summed E-state index contributed by atoms with van der Waals surface area (Å²) in [6, 6.07) is 0.890. The van der Waals surface area contributed by atoms with Gasteiger partial charge in [-0.25, -0.2) is 4.79 Å². The summed E-state index contributed by atoms with van der Waals surface area (Å²) in [5.41, 5.74) is -5.31. The molecule has 37 heavy (non-hydrogen) atoms. The first kappa shape index (κ1) is 22.1. The predicted molar refractivity (Wildman–Crippen MR) is 116 cm³/mol. The second kappa shape index (κ2) is 10.4. The Morgan fingerprint density at radius 2 is 1.59 bits per heavy atom. The van der Waals surface area contributed by atoms with Crippen molar-refractivity contribution < 1.29 is 55.9 Å². The third-order valence-electron chi connectivity index (χ3n) is 5.87. The van der Waals surface area contributed by atoms with Crippen molar-refractivity contribution in [3.05, 3.63) is 64.2 Å². The fraction of sp³-hybridized carbons (Fsp3) is 0.458. The summed E-state index contributed by atoms with van der Waals surface area (Å²) in [5, 5.41) is 2.68. The molecule has 0 radical (unpaired) electrons. The lowest BCUT2D eigenvalue weighted by Gasteiger charge is -2.40. The zero-order valence-electron chi connectivity index (χ0n) is 23.9. The van der Waals surface area contributed by atoms with Crippen LogP contribution >= 0.6 is 0 Å². The van der Waals surface area contributed by atoms with Gasteiger partial charge in [-0.3, -0.25) is 4.90 Å². The number of fused-ring (bicyclic) bond motifs is 1. The highest BCUT2D eigenvalue weighted by molar-refractivity contribution is 5.90. The molecule has 0 aromatic heterocycles. The number of hydrogen-bond acceptors (Lipinski definition) is 3. The molecule has 0 bridgehead atoms. The zero-order chi connectivity index (χ0) is 32.1. The summed E-state index contributed by atoms with van der Waals surface area (Å²) in [5.74, 6) is 0. The number of nitrogens with one attached hydrogen (secondary N) is 1. The van der Waals surface area contributed by atoms with E-state index in [1.165, 1.54) is 6.92 Å². The standard InChI is InChI=1S/C24H23F9N2O2/c1-3-17-11-19(34-12-13-7-15(23(28,29)30)9-16(8-13)24(31,32)33)18-10-14(22(25,26)27)5-6-20(18)35(17)21(36)37-4-2/h5-10,17,19,34H,3-4,11-12H2,1-2H3/t17-,19-/m0/s1/i2D3,4D2. The van der Waals surface area contributed by atoms with E-state index in [0.717, 1.165) is 11.0 Å². The first-order chi connectivity index (χ1) is 19.0. The number of ether oxygens (including phenoxy) is 1. The molecular formula is C24H23F9N2O2. The monoisotopic (exact) mass is 547 g/mol. The molecule has 0 saturated carbocycles. The summed E-state index contributed by atoms with van der Waals surface area (Å²) >= 11 is 0. The van der Waals surface area contributed by atoms with E-state index in [9.17, 15) is 44.3 Å². The van der Waals surface area contributed by atoms with E-state index in [1.54, 1.807) is 0 Å². The van der Waals surface area contributed by atoms with Gasteiger partial charge in [0.25, 0.3) is 0 Å². The van der Waals surface area contributed by atoms with E-state index >= 15 is 0 Å². The maximum absolute atomic E-state index is 13.5. The largest absolute Gasteiger partial charge is 0.449 e. The van der Waals surface area contributed by atoms with E-state index in [1.807, 2.05) is 0 Å². The van der Waals surface area contributed by atoms with Gasteiger partial charge in [-0.2, -0.15) is 39.5 Å². The second-order valence-electron chi connectivity index (χ2n) is 8.26. The Morgan fingerprint density at radius 3 is 2.11 bits per heavy atom. The number of carbonyl (C=O) groups is 1. The molecule has 1 N–H and O–H groups in total. The Labute approximate surface area is 213 Å². The predicted octanol–water partition coefficient (Wildman–Crippen LogP) is 7.72. The van der Waals surface area contributed by atoms with Gasteiger partial charge in [0, 0.05) is 22.7 Å². The van der Waals surface area contributed by atoms with Gasteiger partial charge >= 0.3 is 24.6 Å². The van der Waals surface area contributed by atoms with Crippen LogP contribution in [0.3, 0.4) is 0 Å². The van der Waals surface area contributed by atoms with Crippen LogP contribution in [0.15, 0.2) is 36.4 Å². The minimum Gasteiger partial charge on any atom is -0.449 e. The van der Waals surface area contributed by atoms with Crippen LogP contribution in [0, 0.1) is 0 Å². The lowest BCUT2D eigenvalue weighted by molar-refractivity contribution is -0.143. The van der Waals surface area contributed by atoms with Gasteiger partial charge < -0.3 is 10.1 Å². The molecule has 2 aromatic carbocycles. The minimum atomic E-state index is -5.12. The summed E-state index contributed by atoms with van der Waals surface area (Å²) in [7, 11) is 0. The van der Waals surface area contributed by atoms with Gasteiger partial charge in [0.15, 0.2) is 0 Å². The molecule has 0 saturated heterocycles. The van der Waals surface area contributed by atoms with Crippen LogP contribution in [0.25, 0.3) is 0 Å². The number of hydrogen-bond donors (Lipinski definition) is 1. The smallest absolute Gasteiger partial charge is 0.416 e. The molecule has 204 valence electrons. The normalized spacial score (nSPS) is 21.2. The van der Waals surface area contributed by atoms with Crippen molar-refractivity contribution in [2.24, 2.45) is 0 Å². The molecule has 0 aliphatic carbocycles. The number of halogens is 9. The third-order valence-corrected chi connectivity index (χ3v) is 5.87. The number of rotatable bonds is 5. The third kappa shape index (κ3) is 6.49. The maximum Gasteiger partial charge on any atom is 0.416 e. The average molecular weight is 547 g/mol. The van der Waals surface area contributed by atoms with Crippen LogP contribution in [0.2, 0.25) is 0 Å². The molecule has 1 amide bonds. The number of amides is 1. The van der Waals surface area contributed by atoms with Gasteiger partial charge in [-0.05, 0) is 67.2 Å². The van der Waals surface area contributed by atoms with Crippen molar-refractivity contribution in [2.45, 2.75) is 63.8 Å². The van der Waals surface area contributed by atoms with E-state index < -0.39 is 78.9 Å². The number of anilines is 1. The molecule has 2 atom stereocenters. The average Bonchev–Trinajstić information content (AvgIpc) is 2.83. The molecule has 0 spiro atoms. The van der Waals surface area contributed by atoms with Crippen molar-refractivity contribution in [3.8, 4) is 0 Å². The lowest BCUT2D eigenvalue weighted by atomic mass is 9.88. The van der Waals surface area contributed by atoms with Crippen molar-refractivity contribution >= 4 is 11.8 Å². The Morgan fingerprint density at radius 1 is 1.00 bits per heavy atom. The molecular weight excluding hydrogens is 519 g/mol. The molecule has 2 aromatic rings. The fourth-order valence-corrected chi connectivity index (χ4v) is 4.18. The van der Waals surface area contributed by atoms with Gasteiger partial charge in [0.05, 0.1) is 31.7 Å². The molecule has 3 rings (SSSR count). The van der Waals surface area contributed by atoms with Crippen molar-refractivity contribution in [2.75, 3.05) is 11.5 Å². The van der Waals surface area contributed by atoms with Crippen LogP contribution in [0.5, 0.6) is 0 Å². The van der Waals surface area contributed by atoms with Crippen LogP contribution in [0.1, 0.15) is 67.3 Å². The van der Waals surface area contributed by atoms with E-state index in [0.29, 0.717) is 24.3 Å². The minimum absolute atomic E-state index is 0.0660. The zero-order valence-corrected chi connectivity index (χ0v) is 18.9. The van der Waals surface area contributed by atoms with Crippen LogP contribution in [-0.4, -0.2) is 18.7 Å². The van der Waals surface area contributed by atoms with Gasteiger partial charge in [0.1, 0.15) is 0 Å².